The maximum absolute atomic E-state index is 12.0. The third kappa shape index (κ3) is 2.51. The molecule has 2 aromatic heterocycles. The molecular weight excluding hydrogens is 320 g/mol. The third-order valence-electron chi connectivity index (χ3n) is 4.66. The molecule has 0 radical (unpaired) electrons. The minimum absolute atomic E-state index is 0.0993. The Bertz CT molecular complexity index is 822. The van der Waals surface area contributed by atoms with Gasteiger partial charge in [0.1, 0.15) is 11.6 Å². The Morgan fingerprint density at radius 2 is 2.17 bits per heavy atom. The minimum Gasteiger partial charge on any atom is -0.356 e. The summed E-state index contributed by atoms with van der Waals surface area (Å²) in [5.41, 5.74) is 3.10. The van der Waals surface area contributed by atoms with Crippen LogP contribution in [0, 0.1) is 12.8 Å². The summed E-state index contributed by atoms with van der Waals surface area (Å²) in [6.07, 6.45) is 4.32. The molecule has 1 saturated heterocycles. The Kier molecular flexibility index (Phi) is 3.64. The molecule has 0 saturated carbocycles. The fraction of sp³-hybridized carbons (Fsp3) is 0.389. The number of anilines is 3. The number of pyridine rings is 1. The van der Waals surface area contributed by atoms with Crippen molar-refractivity contribution in [3.8, 4) is 0 Å². The Hall–Kier alpha value is -2.21. The molecule has 5 nitrogen and oxygen atoms in total. The van der Waals surface area contributed by atoms with Crippen molar-refractivity contribution in [3.05, 3.63) is 40.5 Å². The predicted molar refractivity (Wildman–Crippen MR) is 97.1 cm³/mol. The first-order chi connectivity index (χ1) is 11.5. The van der Waals surface area contributed by atoms with Crippen LogP contribution in [0.3, 0.4) is 0 Å². The van der Waals surface area contributed by atoms with Crippen molar-refractivity contribution < 1.29 is 4.79 Å². The second kappa shape index (κ2) is 5.70. The lowest BCUT2D eigenvalue weighted by molar-refractivity contribution is -0.113. The summed E-state index contributed by atoms with van der Waals surface area (Å²) in [6, 6.07) is 2.15. The SMILES string of the molecule is CC(=O)C1=CN(c2nccs2)c2nc(N3CC(C)C3)cc(C)c2C1. The first-order valence-electron chi connectivity index (χ1n) is 8.18. The number of rotatable bonds is 3. The molecule has 0 amide bonds. The van der Waals surface area contributed by atoms with E-state index >= 15 is 0 Å². The lowest BCUT2D eigenvalue weighted by Crippen LogP contribution is -2.45. The molecule has 0 spiro atoms. The van der Waals surface area contributed by atoms with E-state index in [0.29, 0.717) is 6.42 Å². The van der Waals surface area contributed by atoms with Crippen molar-refractivity contribution in [2.75, 3.05) is 22.9 Å². The second-order valence-electron chi connectivity index (χ2n) is 6.68. The highest BCUT2D eigenvalue weighted by Crippen LogP contribution is 2.38. The van der Waals surface area contributed by atoms with E-state index in [9.17, 15) is 4.79 Å². The lowest BCUT2D eigenvalue weighted by atomic mass is 9.96. The summed E-state index contributed by atoms with van der Waals surface area (Å²) in [5.74, 6) is 2.75. The zero-order valence-electron chi connectivity index (χ0n) is 14.1. The van der Waals surface area contributed by atoms with Crippen LogP contribution in [0.5, 0.6) is 0 Å². The Labute approximate surface area is 145 Å². The smallest absolute Gasteiger partial charge is 0.195 e. The van der Waals surface area contributed by atoms with Gasteiger partial charge in [-0.2, -0.15) is 0 Å². The van der Waals surface area contributed by atoms with Gasteiger partial charge in [0, 0.05) is 48.4 Å². The van der Waals surface area contributed by atoms with E-state index in [-0.39, 0.29) is 5.78 Å². The number of allylic oxidation sites excluding steroid dienone is 1. The molecule has 0 bridgehead atoms. The van der Waals surface area contributed by atoms with E-state index < -0.39 is 0 Å². The molecule has 0 N–H and O–H groups in total. The minimum atomic E-state index is 0.0993. The van der Waals surface area contributed by atoms with Crippen molar-refractivity contribution in [2.45, 2.75) is 27.2 Å². The van der Waals surface area contributed by atoms with Crippen LogP contribution in [-0.4, -0.2) is 28.8 Å². The zero-order valence-corrected chi connectivity index (χ0v) is 14.9. The van der Waals surface area contributed by atoms with Crippen molar-refractivity contribution in [3.63, 3.8) is 0 Å². The van der Waals surface area contributed by atoms with Gasteiger partial charge in [0.2, 0.25) is 0 Å². The Morgan fingerprint density at radius 3 is 2.79 bits per heavy atom. The molecule has 0 aromatic carbocycles. The summed E-state index contributed by atoms with van der Waals surface area (Å²) in [4.78, 5) is 25.6. The third-order valence-corrected chi connectivity index (χ3v) is 5.43. The van der Waals surface area contributed by atoms with E-state index in [4.69, 9.17) is 4.98 Å². The fourth-order valence-corrected chi connectivity index (χ4v) is 3.90. The number of ketones is 1. The van der Waals surface area contributed by atoms with Gasteiger partial charge in [0.25, 0.3) is 0 Å². The van der Waals surface area contributed by atoms with Gasteiger partial charge in [-0.1, -0.05) is 6.92 Å². The number of aryl methyl sites for hydroxylation is 1. The average molecular weight is 340 g/mol. The van der Waals surface area contributed by atoms with Gasteiger partial charge in [0.15, 0.2) is 10.9 Å². The monoisotopic (exact) mass is 340 g/mol. The van der Waals surface area contributed by atoms with Crippen LogP contribution in [0.1, 0.15) is 25.0 Å². The maximum atomic E-state index is 12.0. The molecule has 0 unspecified atom stereocenters. The lowest BCUT2D eigenvalue weighted by Gasteiger charge is -2.39. The van der Waals surface area contributed by atoms with Crippen LogP contribution < -0.4 is 9.80 Å². The number of hydrogen-bond donors (Lipinski definition) is 0. The van der Waals surface area contributed by atoms with E-state index in [1.807, 2.05) is 16.5 Å². The largest absolute Gasteiger partial charge is 0.356 e. The zero-order chi connectivity index (χ0) is 16.8. The molecule has 0 atom stereocenters. The van der Waals surface area contributed by atoms with Gasteiger partial charge in [-0.25, -0.2) is 9.97 Å². The van der Waals surface area contributed by atoms with E-state index in [2.05, 4.69) is 29.8 Å². The van der Waals surface area contributed by atoms with E-state index in [1.165, 1.54) is 5.56 Å². The maximum Gasteiger partial charge on any atom is 0.195 e. The summed E-state index contributed by atoms with van der Waals surface area (Å²) in [5, 5.41) is 2.79. The second-order valence-corrected chi connectivity index (χ2v) is 7.55. The highest BCUT2D eigenvalue weighted by molar-refractivity contribution is 7.13. The Morgan fingerprint density at radius 1 is 1.38 bits per heavy atom. The molecule has 0 aliphatic carbocycles. The molecule has 124 valence electrons. The average Bonchev–Trinajstić information content (AvgIpc) is 3.05. The number of carbonyl (C=O) groups excluding carboxylic acids is 1. The van der Waals surface area contributed by atoms with Gasteiger partial charge < -0.3 is 4.90 Å². The highest BCUT2D eigenvalue weighted by atomic mass is 32.1. The van der Waals surface area contributed by atoms with Crippen molar-refractivity contribution in [1.29, 1.82) is 0 Å². The predicted octanol–water partition coefficient (Wildman–Crippen LogP) is 3.47. The normalized spacial score (nSPS) is 17.4. The highest BCUT2D eigenvalue weighted by Gasteiger charge is 2.29. The van der Waals surface area contributed by atoms with E-state index in [1.54, 1.807) is 24.5 Å². The molecule has 6 heteroatoms. The number of thiazole rings is 1. The van der Waals surface area contributed by atoms with Gasteiger partial charge in [-0.15, -0.1) is 11.3 Å². The number of carbonyl (C=O) groups is 1. The molecule has 2 aliphatic heterocycles. The Balaban J connectivity index is 1.82. The molecule has 2 aromatic rings. The molecule has 1 fully saturated rings. The molecule has 4 rings (SSSR count). The quantitative estimate of drug-likeness (QED) is 0.856. The van der Waals surface area contributed by atoms with Crippen molar-refractivity contribution in [1.82, 2.24) is 9.97 Å². The summed E-state index contributed by atoms with van der Waals surface area (Å²) >= 11 is 1.55. The summed E-state index contributed by atoms with van der Waals surface area (Å²) in [6.45, 7) is 8.09. The molecule has 24 heavy (non-hydrogen) atoms. The van der Waals surface area contributed by atoms with Crippen LogP contribution in [0.2, 0.25) is 0 Å². The topological polar surface area (TPSA) is 49.3 Å². The standard InChI is InChI=1S/C18H20N4OS/c1-11-8-21(9-11)16-6-12(2)15-7-14(13(3)23)10-22(17(15)20-16)18-19-4-5-24-18/h4-6,10-11H,7-9H2,1-3H3. The molecule has 4 heterocycles. The van der Waals surface area contributed by atoms with Gasteiger partial charge in [-0.3, -0.25) is 9.69 Å². The van der Waals surface area contributed by atoms with E-state index in [0.717, 1.165) is 46.9 Å². The number of hydrogen-bond acceptors (Lipinski definition) is 6. The van der Waals surface area contributed by atoms with Gasteiger partial charge in [0.05, 0.1) is 0 Å². The van der Waals surface area contributed by atoms with Crippen LogP contribution in [0.15, 0.2) is 29.4 Å². The van der Waals surface area contributed by atoms with Crippen LogP contribution in [-0.2, 0) is 11.2 Å². The fourth-order valence-electron chi connectivity index (χ4n) is 3.28. The summed E-state index contributed by atoms with van der Waals surface area (Å²) < 4.78 is 0. The number of Topliss-reactive ketones (excluding diaryl/α,β-unsaturated/α-hetero) is 1. The van der Waals surface area contributed by atoms with Crippen molar-refractivity contribution >= 4 is 33.9 Å². The van der Waals surface area contributed by atoms with Gasteiger partial charge >= 0.3 is 0 Å². The number of nitrogens with zero attached hydrogens (tertiary/aromatic N) is 4. The molecular formula is C18H20N4OS. The number of fused-ring (bicyclic) bond motifs is 1. The van der Waals surface area contributed by atoms with Crippen LogP contribution in [0.4, 0.5) is 16.8 Å². The van der Waals surface area contributed by atoms with Gasteiger partial charge in [-0.05, 0) is 31.4 Å². The molecule has 2 aliphatic rings. The van der Waals surface area contributed by atoms with Crippen LogP contribution >= 0.6 is 11.3 Å². The first kappa shape index (κ1) is 15.3. The van der Waals surface area contributed by atoms with Crippen molar-refractivity contribution in [2.24, 2.45) is 5.92 Å². The number of aromatic nitrogens is 2. The first-order valence-corrected chi connectivity index (χ1v) is 9.06. The summed E-state index contributed by atoms with van der Waals surface area (Å²) in [7, 11) is 0. The van der Waals surface area contributed by atoms with Crippen LogP contribution in [0.25, 0.3) is 0 Å².